The van der Waals surface area contributed by atoms with Gasteiger partial charge < -0.3 is 24.1 Å². The number of rotatable bonds is 4. The van der Waals surface area contributed by atoms with Gasteiger partial charge in [-0.15, -0.1) is 0 Å². The van der Waals surface area contributed by atoms with E-state index < -0.39 is 42.0 Å². The van der Waals surface area contributed by atoms with Crippen LogP contribution in [0.5, 0.6) is 0 Å². The monoisotopic (exact) mass is 429 g/mol. The van der Waals surface area contributed by atoms with Crippen molar-refractivity contribution in [1.82, 2.24) is 5.32 Å². The van der Waals surface area contributed by atoms with Gasteiger partial charge >= 0.3 is 25.2 Å². The highest BCUT2D eigenvalue weighted by Gasteiger charge is 2.52. The standard InChI is InChI=1S/C22H28BNO7/c1-20(2,3)29-19(27)24-12-14(23-30-21(4,5)22(6,7)31-23)10-13-8-9-15-16(11-13)18(26)28-17(15)25/h8-11H,12H2,1-7H3,(H,24,27). The Kier molecular flexibility index (Phi) is 5.79. The number of hydrogen-bond donors (Lipinski definition) is 1. The van der Waals surface area contributed by atoms with Gasteiger partial charge in [0, 0.05) is 6.54 Å². The lowest BCUT2D eigenvalue weighted by molar-refractivity contribution is 0.00578. The van der Waals surface area contributed by atoms with Crippen molar-refractivity contribution in [2.75, 3.05) is 6.54 Å². The molecule has 0 atom stereocenters. The van der Waals surface area contributed by atoms with Gasteiger partial charge in [-0.3, -0.25) is 0 Å². The van der Waals surface area contributed by atoms with Crippen molar-refractivity contribution in [3.63, 3.8) is 0 Å². The van der Waals surface area contributed by atoms with Crippen LogP contribution in [0.25, 0.3) is 6.08 Å². The normalized spacial score (nSPS) is 19.8. The molecular weight excluding hydrogens is 401 g/mol. The molecule has 0 saturated carbocycles. The summed E-state index contributed by atoms with van der Waals surface area (Å²) in [5.74, 6) is -1.34. The second-order valence-corrected chi connectivity index (χ2v) is 9.64. The number of nitrogens with one attached hydrogen (secondary N) is 1. The predicted octanol–water partition coefficient (Wildman–Crippen LogP) is 3.54. The van der Waals surface area contributed by atoms with E-state index in [1.807, 2.05) is 27.7 Å². The van der Waals surface area contributed by atoms with Crippen LogP contribution in [0, 0.1) is 0 Å². The van der Waals surface area contributed by atoms with Crippen molar-refractivity contribution in [2.45, 2.75) is 65.3 Å². The molecule has 2 heterocycles. The molecule has 0 aliphatic carbocycles. The Balaban J connectivity index is 1.89. The Labute approximate surface area is 182 Å². The second kappa shape index (κ2) is 7.80. The van der Waals surface area contributed by atoms with Crippen molar-refractivity contribution in [3.8, 4) is 0 Å². The molecule has 31 heavy (non-hydrogen) atoms. The van der Waals surface area contributed by atoms with Gasteiger partial charge in [-0.1, -0.05) is 12.1 Å². The summed E-state index contributed by atoms with van der Waals surface area (Å²) in [7, 11) is -0.721. The van der Waals surface area contributed by atoms with E-state index in [4.69, 9.17) is 14.0 Å². The number of alkyl carbamates (subject to hydrolysis) is 1. The summed E-state index contributed by atoms with van der Waals surface area (Å²) in [6.45, 7) is 13.2. The summed E-state index contributed by atoms with van der Waals surface area (Å²) in [6.07, 6.45) is 1.19. The zero-order chi connectivity index (χ0) is 23.2. The fraction of sp³-hybridized carbons (Fsp3) is 0.500. The van der Waals surface area contributed by atoms with Crippen LogP contribution in [-0.2, 0) is 18.8 Å². The molecule has 0 unspecified atom stereocenters. The molecule has 1 N–H and O–H groups in total. The number of fused-ring (bicyclic) bond motifs is 1. The first kappa shape index (κ1) is 23.0. The number of hydrogen-bond acceptors (Lipinski definition) is 7. The first-order valence-electron chi connectivity index (χ1n) is 10.1. The maximum Gasteiger partial charge on any atom is 0.492 e. The maximum atomic E-state index is 12.2. The van der Waals surface area contributed by atoms with Gasteiger partial charge in [-0.2, -0.15) is 0 Å². The molecule has 1 aromatic rings. The number of benzene rings is 1. The van der Waals surface area contributed by atoms with E-state index in [0.29, 0.717) is 11.0 Å². The molecule has 1 amide bonds. The summed E-state index contributed by atoms with van der Waals surface area (Å²) in [6, 6.07) is 4.80. The lowest BCUT2D eigenvalue weighted by atomic mass is 9.77. The summed E-state index contributed by atoms with van der Waals surface area (Å²) in [5.41, 5.74) is -0.0830. The van der Waals surface area contributed by atoms with E-state index in [0.717, 1.165) is 0 Å². The van der Waals surface area contributed by atoms with Crippen LogP contribution < -0.4 is 5.32 Å². The maximum absolute atomic E-state index is 12.2. The zero-order valence-corrected chi connectivity index (χ0v) is 19.0. The number of cyclic esters (lactones) is 2. The molecule has 166 valence electrons. The van der Waals surface area contributed by atoms with Gasteiger partial charge in [-0.25, -0.2) is 14.4 Å². The average molecular weight is 429 g/mol. The van der Waals surface area contributed by atoms with Gasteiger partial charge in [0.05, 0.1) is 22.3 Å². The first-order valence-corrected chi connectivity index (χ1v) is 10.1. The number of carbonyl (C=O) groups excluding carboxylic acids is 3. The van der Waals surface area contributed by atoms with Gasteiger partial charge in [-0.05, 0) is 71.6 Å². The van der Waals surface area contributed by atoms with E-state index in [2.05, 4.69) is 10.1 Å². The third-order valence-electron chi connectivity index (χ3n) is 5.41. The minimum Gasteiger partial charge on any atom is -0.444 e. The summed E-state index contributed by atoms with van der Waals surface area (Å²) >= 11 is 0. The van der Waals surface area contributed by atoms with Gasteiger partial charge in [0.1, 0.15) is 5.60 Å². The molecular formula is C22H28BNO7. The molecule has 2 aliphatic rings. The van der Waals surface area contributed by atoms with Crippen molar-refractivity contribution in [2.24, 2.45) is 0 Å². The summed E-state index contributed by atoms with van der Waals surface area (Å²) in [4.78, 5) is 35.8. The lowest BCUT2D eigenvalue weighted by Gasteiger charge is -2.32. The highest BCUT2D eigenvalue weighted by atomic mass is 16.7. The number of carbonyl (C=O) groups is 3. The second-order valence-electron chi connectivity index (χ2n) is 9.64. The molecule has 9 heteroatoms. The fourth-order valence-electron chi connectivity index (χ4n) is 3.09. The Morgan fingerprint density at radius 2 is 1.65 bits per heavy atom. The van der Waals surface area contributed by atoms with Crippen molar-refractivity contribution >= 4 is 31.2 Å². The first-order chi connectivity index (χ1) is 14.2. The molecule has 1 fully saturated rings. The molecule has 3 rings (SSSR count). The molecule has 0 aromatic heterocycles. The quantitative estimate of drug-likeness (QED) is 0.444. The molecule has 1 aromatic carbocycles. The Morgan fingerprint density at radius 3 is 2.23 bits per heavy atom. The topological polar surface area (TPSA) is 100 Å². The van der Waals surface area contributed by atoms with Gasteiger partial charge in [0.25, 0.3) is 0 Å². The van der Waals surface area contributed by atoms with Crippen LogP contribution in [0.15, 0.2) is 23.7 Å². The predicted molar refractivity (Wildman–Crippen MR) is 114 cm³/mol. The number of esters is 2. The summed E-state index contributed by atoms with van der Waals surface area (Å²) < 4.78 is 22.2. The Morgan fingerprint density at radius 1 is 1.06 bits per heavy atom. The van der Waals surface area contributed by atoms with Crippen LogP contribution >= 0.6 is 0 Å². The van der Waals surface area contributed by atoms with Gasteiger partial charge in [0.15, 0.2) is 0 Å². The highest BCUT2D eigenvalue weighted by Crippen LogP contribution is 2.39. The van der Waals surface area contributed by atoms with Crippen molar-refractivity contribution in [1.29, 1.82) is 0 Å². The summed E-state index contributed by atoms with van der Waals surface area (Å²) in [5, 5.41) is 2.72. The third-order valence-corrected chi connectivity index (χ3v) is 5.41. The SMILES string of the molecule is CC(C)(C)OC(=O)NCC(=Cc1ccc2c(c1)C(=O)OC2=O)B1OC(C)(C)C(C)(C)O1. The number of ether oxygens (including phenoxy) is 2. The minimum atomic E-state index is -0.721. The molecule has 0 spiro atoms. The highest BCUT2D eigenvalue weighted by molar-refractivity contribution is 6.56. The smallest absolute Gasteiger partial charge is 0.444 e. The van der Waals surface area contributed by atoms with E-state index in [-0.39, 0.29) is 17.7 Å². The Bertz CT molecular complexity index is 943. The molecule has 0 radical (unpaired) electrons. The largest absolute Gasteiger partial charge is 0.492 e. The fourth-order valence-corrected chi connectivity index (χ4v) is 3.09. The van der Waals surface area contributed by atoms with Crippen LogP contribution in [-0.4, -0.2) is 48.5 Å². The molecule has 2 aliphatic heterocycles. The third kappa shape index (κ3) is 4.99. The minimum absolute atomic E-state index is 0.103. The lowest BCUT2D eigenvalue weighted by Crippen LogP contribution is -2.41. The van der Waals surface area contributed by atoms with E-state index in [9.17, 15) is 14.4 Å². The molecule has 8 nitrogen and oxygen atoms in total. The van der Waals surface area contributed by atoms with Crippen LogP contribution in [0.4, 0.5) is 4.79 Å². The molecule has 1 saturated heterocycles. The Hall–Kier alpha value is -2.65. The van der Waals surface area contributed by atoms with Crippen molar-refractivity contribution < 1.29 is 33.2 Å². The van der Waals surface area contributed by atoms with Crippen LogP contribution in [0.1, 0.15) is 74.7 Å². The zero-order valence-electron chi connectivity index (χ0n) is 19.0. The van der Waals surface area contributed by atoms with E-state index >= 15 is 0 Å². The number of amides is 1. The molecule has 0 bridgehead atoms. The van der Waals surface area contributed by atoms with Crippen LogP contribution in [0.3, 0.4) is 0 Å². The van der Waals surface area contributed by atoms with E-state index in [1.54, 1.807) is 39.0 Å². The van der Waals surface area contributed by atoms with Crippen LogP contribution in [0.2, 0.25) is 0 Å². The average Bonchev–Trinajstić information content (AvgIpc) is 3.01. The van der Waals surface area contributed by atoms with E-state index in [1.165, 1.54) is 6.07 Å². The van der Waals surface area contributed by atoms with Crippen molar-refractivity contribution in [3.05, 3.63) is 40.4 Å². The van der Waals surface area contributed by atoms with Gasteiger partial charge in [0.2, 0.25) is 0 Å².